The summed E-state index contributed by atoms with van der Waals surface area (Å²) in [6.07, 6.45) is 7.57. The van der Waals surface area contributed by atoms with Crippen LogP contribution in [0.5, 0.6) is 0 Å². The van der Waals surface area contributed by atoms with Crippen LogP contribution in [0.25, 0.3) is 27.8 Å². The van der Waals surface area contributed by atoms with E-state index >= 15 is 0 Å². The third-order valence-corrected chi connectivity index (χ3v) is 6.04. The highest BCUT2D eigenvalue weighted by Crippen LogP contribution is 2.35. The van der Waals surface area contributed by atoms with Gasteiger partial charge in [0.05, 0.1) is 5.52 Å². The van der Waals surface area contributed by atoms with E-state index in [-0.39, 0.29) is 0 Å². The summed E-state index contributed by atoms with van der Waals surface area (Å²) in [6, 6.07) is 21.3. The van der Waals surface area contributed by atoms with E-state index in [1.807, 2.05) is 12.1 Å². The molecule has 3 nitrogen and oxygen atoms in total. The van der Waals surface area contributed by atoms with Crippen LogP contribution in [0.15, 0.2) is 66.7 Å². The van der Waals surface area contributed by atoms with Crippen molar-refractivity contribution in [3.05, 3.63) is 89.1 Å². The maximum Gasteiger partial charge on any atom is 0.328 e. The average Bonchev–Trinajstić information content (AvgIpc) is 3.07. The fourth-order valence-corrected chi connectivity index (χ4v) is 4.79. The Morgan fingerprint density at radius 3 is 2.59 bits per heavy atom. The maximum atomic E-state index is 11.1. The number of hydrogen-bond donors (Lipinski definition) is 1. The van der Waals surface area contributed by atoms with Gasteiger partial charge in [0.2, 0.25) is 0 Å². The highest BCUT2D eigenvalue weighted by Gasteiger charge is 2.21. The number of carboxylic acids is 1. The van der Waals surface area contributed by atoms with Crippen LogP contribution in [0.3, 0.4) is 0 Å². The minimum absolute atomic E-state index is 0.797. The summed E-state index contributed by atoms with van der Waals surface area (Å²) in [6.45, 7) is 0.797. The van der Waals surface area contributed by atoms with E-state index in [9.17, 15) is 4.79 Å². The van der Waals surface area contributed by atoms with Crippen molar-refractivity contribution in [1.82, 2.24) is 4.57 Å². The first-order valence-corrected chi connectivity index (χ1v) is 10.2. The van der Waals surface area contributed by atoms with Crippen molar-refractivity contribution in [2.24, 2.45) is 0 Å². The van der Waals surface area contributed by atoms with Crippen LogP contribution in [0.2, 0.25) is 0 Å². The van der Waals surface area contributed by atoms with Gasteiger partial charge in [0, 0.05) is 23.7 Å². The summed E-state index contributed by atoms with van der Waals surface area (Å²) in [5.41, 5.74) is 6.28. The van der Waals surface area contributed by atoms with Gasteiger partial charge in [-0.2, -0.15) is 0 Å². The van der Waals surface area contributed by atoms with Crippen LogP contribution in [0, 0.1) is 0 Å². The molecular formula is C26H23NO2. The largest absolute Gasteiger partial charge is 0.478 e. The summed E-state index contributed by atoms with van der Waals surface area (Å²) in [4.78, 5) is 11.1. The molecular weight excluding hydrogens is 358 g/mol. The van der Waals surface area contributed by atoms with Crippen molar-refractivity contribution in [3.8, 4) is 0 Å². The zero-order valence-corrected chi connectivity index (χ0v) is 16.3. The number of carbonyl (C=O) groups is 1. The monoisotopic (exact) mass is 381 g/mol. The number of hydrogen-bond acceptors (Lipinski definition) is 1. The molecule has 0 amide bonds. The zero-order chi connectivity index (χ0) is 19.8. The average molecular weight is 381 g/mol. The first kappa shape index (κ1) is 17.7. The molecule has 0 atom stereocenters. The van der Waals surface area contributed by atoms with E-state index in [1.165, 1.54) is 51.9 Å². The number of benzene rings is 3. The number of fused-ring (bicyclic) bond motifs is 4. The lowest BCUT2D eigenvalue weighted by Crippen LogP contribution is -2.10. The summed E-state index contributed by atoms with van der Waals surface area (Å²) >= 11 is 0. The lowest BCUT2D eigenvalue weighted by Gasteiger charge is -2.17. The Balaban J connectivity index is 1.74. The van der Waals surface area contributed by atoms with E-state index in [2.05, 4.69) is 53.1 Å². The molecule has 0 radical (unpaired) electrons. The van der Waals surface area contributed by atoms with Gasteiger partial charge in [-0.3, -0.25) is 0 Å². The smallest absolute Gasteiger partial charge is 0.328 e. The maximum absolute atomic E-state index is 11.1. The molecule has 0 bridgehead atoms. The lowest BCUT2D eigenvalue weighted by atomic mass is 9.95. The van der Waals surface area contributed by atoms with E-state index in [0.29, 0.717) is 0 Å². The molecule has 1 heterocycles. The highest BCUT2D eigenvalue weighted by molar-refractivity contribution is 5.96. The second-order valence-corrected chi connectivity index (χ2v) is 7.77. The summed E-state index contributed by atoms with van der Waals surface area (Å²) in [5, 5.41) is 12.9. The lowest BCUT2D eigenvalue weighted by molar-refractivity contribution is -0.131. The van der Waals surface area contributed by atoms with Crippen molar-refractivity contribution in [1.29, 1.82) is 0 Å². The number of nitrogens with zero attached hydrogens (tertiary/aromatic N) is 1. The molecule has 0 saturated heterocycles. The molecule has 1 aromatic heterocycles. The van der Waals surface area contributed by atoms with Crippen LogP contribution in [-0.4, -0.2) is 15.6 Å². The van der Waals surface area contributed by atoms with E-state index in [4.69, 9.17) is 5.11 Å². The first-order valence-electron chi connectivity index (χ1n) is 10.2. The molecule has 1 N–H and O–H groups in total. The fraction of sp³-hybridized carbons (Fsp3) is 0.192. The van der Waals surface area contributed by atoms with E-state index in [1.54, 1.807) is 6.08 Å². The predicted molar refractivity (Wildman–Crippen MR) is 118 cm³/mol. The Morgan fingerprint density at radius 2 is 1.69 bits per heavy atom. The first-order chi connectivity index (χ1) is 14.2. The number of aryl methyl sites for hydroxylation is 1. The van der Waals surface area contributed by atoms with Gasteiger partial charge in [-0.1, -0.05) is 60.7 Å². The van der Waals surface area contributed by atoms with Crippen molar-refractivity contribution in [3.63, 3.8) is 0 Å². The molecule has 0 aliphatic heterocycles. The Bertz CT molecular complexity index is 1260. The fourth-order valence-electron chi connectivity index (χ4n) is 4.79. The number of aromatic nitrogens is 1. The predicted octanol–water partition coefficient (Wildman–Crippen LogP) is 5.82. The molecule has 3 heteroatoms. The quantitative estimate of drug-likeness (QED) is 0.453. The van der Waals surface area contributed by atoms with Crippen molar-refractivity contribution < 1.29 is 9.90 Å². The Labute approximate surface area is 169 Å². The minimum Gasteiger partial charge on any atom is -0.478 e. The SMILES string of the molecule is O=C(O)/C=C/c1cccc2c3c(n(Cc4cccc5ccccc45)c12)CCCC3. The van der Waals surface area contributed by atoms with Crippen molar-refractivity contribution in [2.75, 3.05) is 0 Å². The molecule has 4 aromatic rings. The van der Waals surface area contributed by atoms with E-state index in [0.717, 1.165) is 30.5 Å². The number of rotatable bonds is 4. The molecule has 0 unspecified atom stereocenters. The van der Waals surface area contributed by atoms with Gasteiger partial charge in [0.15, 0.2) is 0 Å². The summed E-state index contributed by atoms with van der Waals surface area (Å²) in [7, 11) is 0. The van der Waals surface area contributed by atoms with Gasteiger partial charge in [0.25, 0.3) is 0 Å². The van der Waals surface area contributed by atoms with Crippen LogP contribution >= 0.6 is 0 Å². The third kappa shape index (κ3) is 3.13. The molecule has 144 valence electrons. The van der Waals surface area contributed by atoms with Crippen LogP contribution in [0.1, 0.15) is 35.2 Å². The van der Waals surface area contributed by atoms with Gasteiger partial charge in [-0.05, 0) is 59.2 Å². The molecule has 0 fully saturated rings. The molecule has 5 rings (SSSR count). The van der Waals surface area contributed by atoms with Gasteiger partial charge in [-0.15, -0.1) is 0 Å². The summed E-state index contributed by atoms with van der Waals surface area (Å²) in [5.74, 6) is -0.918. The number of para-hydroxylation sites is 1. The molecule has 1 aliphatic carbocycles. The van der Waals surface area contributed by atoms with Crippen LogP contribution in [-0.2, 0) is 24.2 Å². The molecule has 1 aliphatic rings. The standard InChI is InChI=1S/C26H23NO2/c28-25(29)16-15-19-9-6-13-23-22-12-3-4-14-24(22)27(26(19)23)17-20-10-5-8-18-7-1-2-11-21(18)20/h1-2,5-11,13,15-16H,3-4,12,14,17H2,(H,28,29)/b16-15+. The second-order valence-electron chi connectivity index (χ2n) is 7.77. The number of carboxylic acid groups (broad SMARTS) is 1. The molecule has 0 saturated carbocycles. The molecule has 0 spiro atoms. The topological polar surface area (TPSA) is 42.2 Å². The van der Waals surface area contributed by atoms with Crippen molar-refractivity contribution >= 4 is 33.7 Å². The highest BCUT2D eigenvalue weighted by atomic mass is 16.4. The Kier molecular flexibility index (Phi) is 4.44. The van der Waals surface area contributed by atoms with Gasteiger partial charge < -0.3 is 9.67 Å². The zero-order valence-electron chi connectivity index (χ0n) is 16.3. The molecule has 3 aromatic carbocycles. The van der Waals surface area contributed by atoms with Gasteiger partial charge >= 0.3 is 5.97 Å². The van der Waals surface area contributed by atoms with E-state index < -0.39 is 5.97 Å². The van der Waals surface area contributed by atoms with Crippen LogP contribution in [0.4, 0.5) is 0 Å². The Morgan fingerprint density at radius 1 is 0.931 bits per heavy atom. The van der Waals surface area contributed by atoms with Crippen LogP contribution < -0.4 is 0 Å². The Hall–Kier alpha value is -3.33. The van der Waals surface area contributed by atoms with Crippen molar-refractivity contribution in [2.45, 2.75) is 32.2 Å². The summed E-state index contributed by atoms with van der Waals surface area (Å²) < 4.78 is 2.44. The third-order valence-electron chi connectivity index (χ3n) is 6.04. The molecule has 29 heavy (non-hydrogen) atoms. The normalized spacial score (nSPS) is 13.9. The minimum atomic E-state index is -0.918. The number of aliphatic carboxylic acids is 1. The van der Waals surface area contributed by atoms with Gasteiger partial charge in [-0.25, -0.2) is 4.79 Å². The van der Waals surface area contributed by atoms with Gasteiger partial charge in [0.1, 0.15) is 0 Å². The second kappa shape index (κ2) is 7.25.